The summed E-state index contributed by atoms with van der Waals surface area (Å²) in [4.78, 5) is 26.2. The van der Waals surface area contributed by atoms with Crippen LogP contribution in [-0.4, -0.2) is 31.0 Å². The van der Waals surface area contributed by atoms with Crippen LogP contribution < -0.4 is 15.0 Å². The fourth-order valence-electron chi connectivity index (χ4n) is 3.00. The second kappa shape index (κ2) is 8.34. The van der Waals surface area contributed by atoms with Crippen LogP contribution in [0.5, 0.6) is 5.75 Å². The van der Waals surface area contributed by atoms with Gasteiger partial charge in [0.1, 0.15) is 5.75 Å². The van der Waals surface area contributed by atoms with Crippen molar-refractivity contribution in [3.05, 3.63) is 59.1 Å². The number of ether oxygens (including phenoxy) is 1. The minimum Gasteiger partial charge on any atom is -0.494 e. The molecule has 6 heteroatoms. The van der Waals surface area contributed by atoms with Gasteiger partial charge in [0.05, 0.1) is 24.8 Å². The Labute approximate surface area is 157 Å². The number of halogens is 1. The molecule has 0 bridgehead atoms. The van der Waals surface area contributed by atoms with Crippen LogP contribution in [0.1, 0.15) is 18.9 Å². The van der Waals surface area contributed by atoms with E-state index >= 15 is 0 Å². The summed E-state index contributed by atoms with van der Waals surface area (Å²) in [6, 6.07) is 14.1. The van der Waals surface area contributed by atoms with Crippen LogP contribution in [0.2, 0.25) is 5.02 Å². The van der Waals surface area contributed by atoms with Gasteiger partial charge in [0, 0.05) is 5.02 Å². The van der Waals surface area contributed by atoms with Gasteiger partial charge in [-0.2, -0.15) is 0 Å². The Bertz CT molecular complexity index is 792. The summed E-state index contributed by atoms with van der Waals surface area (Å²) >= 11 is 6.14. The molecule has 1 fully saturated rings. The van der Waals surface area contributed by atoms with Gasteiger partial charge in [-0.15, -0.1) is 0 Å². The zero-order valence-corrected chi connectivity index (χ0v) is 15.3. The van der Waals surface area contributed by atoms with Crippen molar-refractivity contribution in [3.63, 3.8) is 0 Å². The molecule has 26 heavy (non-hydrogen) atoms. The molecular weight excluding hydrogens is 352 g/mol. The van der Waals surface area contributed by atoms with Crippen molar-refractivity contribution < 1.29 is 14.3 Å². The number of imide groups is 1. The molecule has 2 aromatic carbocycles. The summed E-state index contributed by atoms with van der Waals surface area (Å²) in [5.74, 6) is 0.289. The van der Waals surface area contributed by atoms with Crippen molar-refractivity contribution in [2.24, 2.45) is 0 Å². The van der Waals surface area contributed by atoms with Crippen molar-refractivity contribution >= 4 is 29.1 Å². The van der Waals surface area contributed by atoms with E-state index in [1.54, 1.807) is 24.3 Å². The normalized spacial score (nSPS) is 17.0. The topological polar surface area (TPSA) is 58.6 Å². The monoisotopic (exact) mass is 372 g/mol. The number of rotatable bonds is 7. The van der Waals surface area contributed by atoms with Crippen LogP contribution in [0.25, 0.3) is 0 Å². The molecule has 5 nitrogen and oxygen atoms in total. The van der Waals surface area contributed by atoms with Gasteiger partial charge in [-0.25, -0.2) is 4.90 Å². The van der Waals surface area contributed by atoms with Crippen LogP contribution in [-0.2, 0) is 16.0 Å². The lowest BCUT2D eigenvalue weighted by atomic mass is 10.1. The summed E-state index contributed by atoms with van der Waals surface area (Å²) < 4.78 is 5.39. The molecule has 2 aromatic rings. The lowest BCUT2D eigenvalue weighted by Gasteiger charge is -2.16. The van der Waals surface area contributed by atoms with Crippen LogP contribution in [0, 0.1) is 0 Å². The zero-order valence-electron chi connectivity index (χ0n) is 14.6. The smallest absolute Gasteiger partial charge is 0.251 e. The van der Waals surface area contributed by atoms with E-state index in [4.69, 9.17) is 16.3 Å². The lowest BCUT2D eigenvalue weighted by molar-refractivity contribution is -0.121. The standard InChI is InChI=1S/C20H21ClN2O3/c1-2-26-16-9-7-15(8-10-16)23-19(24)13-18(20(23)25)22-12-11-14-5-3-4-6-17(14)21/h3-10,18,22H,2,11-13H2,1H3/t18-/m0/s1. The van der Waals surface area contributed by atoms with E-state index in [1.165, 1.54) is 4.90 Å². The van der Waals surface area contributed by atoms with E-state index in [0.29, 0.717) is 36.0 Å². The molecule has 1 aliphatic heterocycles. The molecule has 0 unspecified atom stereocenters. The molecule has 0 spiro atoms. The van der Waals surface area contributed by atoms with E-state index in [1.807, 2.05) is 31.2 Å². The first-order chi connectivity index (χ1) is 12.6. The Morgan fingerprint density at radius 3 is 2.58 bits per heavy atom. The molecule has 0 aromatic heterocycles. The van der Waals surface area contributed by atoms with Gasteiger partial charge in [-0.1, -0.05) is 29.8 Å². The average molecular weight is 373 g/mol. The lowest BCUT2D eigenvalue weighted by Crippen LogP contribution is -2.39. The number of hydrogen-bond donors (Lipinski definition) is 1. The van der Waals surface area contributed by atoms with Gasteiger partial charge < -0.3 is 10.1 Å². The highest BCUT2D eigenvalue weighted by Crippen LogP contribution is 2.25. The minimum atomic E-state index is -0.503. The first-order valence-electron chi connectivity index (χ1n) is 8.66. The first-order valence-corrected chi connectivity index (χ1v) is 9.04. The molecule has 0 radical (unpaired) electrons. The zero-order chi connectivity index (χ0) is 18.5. The van der Waals surface area contributed by atoms with Gasteiger partial charge in [-0.3, -0.25) is 9.59 Å². The minimum absolute atomic E-state index is 0.161. The second-order valence-electron chi connectivity index (χ2n) is 6.05. The predicted molar refractivity (Wildman–Crippen MR) is 102 cm³/mol. The van der Waals surface area contributed by atoms with E-state index in [-0.39, 0.29) is 18.2 Å². The van der Waals surface area contributed by atoms with Crippen molar-refractivity contribution in [1.82, 2.24) is 5.32 Å². The van der Waals surface area contributed by atoms with Crippen LogP contribution in [0.15, 0.2) is 48.5 Å². The number of nitrogens with zero attached hydrogens (tertiary/aromatic N) is 1. The number of amides is 2. The SMILES string of the molecule is CCOc1ccc(N2C(=O)C[C@H](NCCc3ccccc3Cl)C2=O)cc1. The number of carbonyl (C=O) groups is 2. The van der Waals surface area contributed by atoms with Gasteiger partial charge in [0.15, 0.2) is 0 Å². The van der Waals surface area contributed by atoms with Gasteiger partial charge in [0.25, 0.3) is 5.91 Å². The van der Waals surface area contributed by atoms with Gasteiger partial charge >= 0.3 is 0 Å². The van der Waals surface area contributed by atoms with Crippen LogP contribution >= 0.6 is 11.6 Å². The largest absolute Gasteiger partial charge is 0.494 e. The van der Waals surface area contributed by atoms with Crippen molar-refractivity contribution in [2.45, 2.75) is 25.8 Å². The Morgan fingerprint density at radius 2 is 1.88 bits per heavy atom. The third-order valence-electron chi connectivity index (χ3n) is 4.30. The number of nitrogens with one attached hydrogen (secondary N) is 1. The third kappa shape index (κ3) is 4.06. The molecule has 2 amide bonds. The van der Waals surface area contributed by atoms with E-state index in [9.17, 15) is 9.59 Å². The quantitative estimate of drug-likeness (QED) is 0.758. The first kappa shape index (κ1) is 18.4. The Kier molecular flexibility index (Phi) is 5.91. The molecule has 136 valence electrons. The van der Waals surface area contributed by atoms with Crippen molar-refractivity contribution in [3.8, 4) is 5.75 Å². The highest BCUT2D eigenvalue weighted by Gasteiger charge is 2.39. The summed E-state index contributed by atoms with van der Waals surface area (Å²) in [6.45, 7) is 3.04. The Hall–Kier alpha value is -2.37. The maximum atomic E-state index is 12.6. The Morgan fingerprint density at radius 1 is 1.15 bits per heavy atom. The molecule has 0 aliphatic carbocycles. The molecule has 3 rings (SSSR count). The summed E-state index contributed by atoms with van der Waals surface area (Å²) in [5, 5.41) is 3.88. The van der Waals surface area contributed by atoms with E-state index in [0.717, 1.165) is 5.56 Å². The highest BCUT2D eigenvalue weighted by atomic mass is 35.5. The van der Waals surface area contributed by atoms with Crippen molar-refractivity contribution in [2.75, 3.05) is 18.1 Å². The number of hydrogen-bond acceptors (Lipinski definition) is 4. The highest BCUT2D eigenvalue weighted by molar-refractivity contribution is 6.31. The van der Waals surface area contributed by atoms with Crippen LogP contribution in [0.3, 0.4) is 0 Å². The molecule has 1 saturated heterocycles. The third-order valence-corrected chi connectivity index (χ3v) is 4.66. The molecule has 1 aliphatic rings. The molecule has 0 saturated carbocycles. The van der Waals surface area contributed by atoms with E-state index < -0.39 is 6.04 Å². The maximum absolute atomic E-state index is 12.6. The van der Waals surface area contributed by atoms with Gasteiger partial charge in [-0.05, 0) is 55.8 Å². The predicted octanol–water partition coefficient (Wildman–Crippen LogP) is 3.20. The number of benzene rings is 2. The summed E-state index contributed by atoms with van der Waals surface area (Å²) in [7, 11) is 0. The van der Waals surface area contributed by atoms with Gasteiger partial charge in [0.2, 0.25) is 5.91 Å². The maximum Gasteiger partial charge on any atom is 0.251 e. The fraction of sp³-hybridized carbons (Fsp3) is 0.300. The van der Waals surface area contributed by atoms with Crippen molar-refractivity contribution in [1.29, 1.82) is 0 Å². The second-order valence-corrected chi connectivity index (χ2v) is 6.45. The summed E-state index contributed by atoms with van der Waals surface area (Å²) in [5.41, 5.74) is 1.58. The Balaban J connectivity index is 1.60. The summed E-state index contributed by atoms with van der Waals surface area (Å²) in [6.07, 6.45) is 0.856. The molecule has 1 heterocycles. The molecule has 1 atom stereocenters. The molecule has 1 N–H and O–H groups in total. The number of anilines is 1. The van der Waals surface area contributed by atoms with E-state index in [2.05, 4.69) is 5.32 Å². The number of carbonyl (C=O) groups excluding carboxylic acids is 2. The molecular formula is C20H21ClN2O3. The average Bonchev–Trinajstić information content (AvgIpc) is 2.91. The fourth-order valence-corrected chi connectivity index (χ4v) is 3.23. The van der Waals surface area contributed by atoms with Crippen LogP contribution in [0.4, 0.5) is 5.69 Å².